The topological polar surface area (TPSA) is 140 Å². The molecule has 3 fully saturated rings. The number of carbonyl (C=O) groups excluding carboxylic acids is 2. The highest BCUT2D eigenvalue weighted by Crippen LogP contribution is 2.48. The number of halogens is 1. The zero-order chi connectivity index (χ0) is 19.3. The monoisotopic (exact) mass is 432 g/mol. The van der Waals surface area contributed by atoms with Crippen molar-refractivity contribution in [1.82, 2.24) is 9.21 Å². The van der Waals surface area contributed by atoms with Crippen LogP contribution in [0.15, 0.2) is 21.6 Å². The first-order valence-electron chi connectivity index (χ1n) is 9.23. The molecule has 4 unspecified atom stereocenters. The number of carbonyl (C=O) groups is 2. The lowest BCUT2D eigenvalue weighted by Crippen LogP contribution is -2.54. The minimum atomic E-state index is -3.87. The predicted molar refractivity (Wildman–Crippen MR) is 102 cm³/mol. The van der Waals surface area contributed by atoms with Gasteiger partial charge in [0.25, 0.3) is 15.9 Å². The SMILES string of the molecule is Cl.NC(=O)c1ccc(S(=O)(=O)N2CCN(C(=O)C3C4CCC(C4)C3N)CC2)o1. The summed E-state index contributed by atoms with van der Waals surface area (Å²) in [5.41, 5.74) is 11.4. The van der Waals surface area contributed by atoms with Crippen LogP contribution in [0.3, 0.4) is 0 Å². The Morgan fingerprint density at radius 2 is 1.71 bits per heavy atom. The second kappa shape index (κ2) is 7.66. The van der Waals surface area contributed by atoms with Crippen LogP contribution in [0, 0.1) is 17.8 Å². The van der Waals surface area contributed by atoms with Gasteiger partial charge in [0.15, 0.2) is 5.76 Å². The van der Waals surface area contributed by atoms with Crippen molar-refractivity contribution in [1.29, 1.82) is 0 Å². The molecule has 4 N–H and O–H groups in total. The molecule has 4 atom stereocenters. The lowest BCUT2D eigenvalue weighted by Gasteiger charge is -2.37. The Kier molecular flexibility index (Phi) is 5.77. The third kappa shape index (κ3) is 3.42. The average Bonchev–Trinajstić information content (AvgIpc) is 3.37. The summed E-state index contributed by atoms with van der Waals surface area (Å²) >= 11 is 0. The van der Waals surface area contributed by atoms with Gasteiger partial charge >= 0.3 is 0 Å². The molecular formula is C17H25ClN4O5S. The zero-order valence-corrected chi connectivity index (χ0v) is 17.0. The van der Waals surface area contributed by atoms with Crippen molar-refractivity contribution in [3.63, 3.8) is 0 Å². The molecule has 1 aromatic heterocycles. The molecule has 3 aliphatic rings. The number of furan rings is 1. The molecule has 2 saturated carbocycles. The third-order valence-electron chi connectivity index (χ3n) is 6.23. The van der Waals surface area contributed by atoms with E-state index in [0.717, 1.165) is 19.3 Å². The molecule has 9 nitrogen and oxygen atoms in total. The van der Waals surface area contributed by atoms with Gasteiger partial charge in [-0.3, -0.25) is 9.59 Å². The van der Waals surface area contributed by atoms with Gasteiger partial charge in [-0.2, -0.15) is 4.31 Å². The fraction of sp³-hybridized carbons (Fsp3) is 0.647. The highest BCUT2D eigenvalue weighted by atomic mass is 35.5. The first-order valence-corrected chi connectivity index (χ1v) is 10.7. The molecule has 2 amide bonds. The molecule has 1 aliphatic heterocycles. The predicted octanol–water partition coefficient (Wildman–Crippen LogP) is 0.00660. The highest BCUT2D eigenvalue weighted by Gasteiger charge is 2.50. The fourth-order valence-corrected chi connectivity index (χ4v) is 6.11. The normalized spacial score (nSPS) is 30.2. The molecule has 11 heteroatoms. The van der Waals surface area contributed by atoms with E-state index in [9.17, 15) is 18.0 Å². The number of rotatable bonds is 4. The van der Waals surface area contributed by atoms with Crippen LogP contribution in [0.4, 0.5) is 0 Å². The number of primary amides is 1. The maximum absolute atomic E-state index is 12.9. The molecule has 1 saturated heterocycles. The van der Waals surface area contributed by atoms with Gasteiger partial charge in [-0.1, -0.05) is 0 Å². The number of sulfonamides is 1. The second-order valence-electron chi connectivity index (χ2n) is 7.65. The maximum atomic E-state index is 12.9. The van der Waals surface area contributed by atoms with Gasteiger partial charge in [-0.25, -0.2) is 8.42 Å². The van der Waals surface area contributed by atoms with E-state index >= 15 is 0 Å². The summed E-state index contributed by atoms with van der Waals surface area (Å²) in [6.07, 6.45) is 3.20. The zero-order valence-electron chi connectivity index (χ0n) is 15.3. The second-order valence-corrected chi connectivity index (χ2v) is 9.52. The molecule has 2 bridgehead atoms. The van der Waals surface area contributed by atoms with Crippen LogP contribution in [0.25, 0.3) is 0 Å². The quantitative estimate of drug-likeness (QED) is 0.686. The molecule has 0 radical (unpaired) electrons. The van der Waals surface area contributed by atoms with Gasteiger partial charge in [0.1, 0.15) is 0 Å². The van der Waals surface area contributed by atoms with Gasteiger partial charge in [0.05, 0.1) is 5.92 Å². The minimum absolute atomic E-state index is 0. The van der Waals surface area contributed by atoms with Gasteiger partial charge in [-0.15, -0.1) is 12.4 Å². The average molecular weight is 433 g/mol. The van der Waals surface area contributed by atoms with E-state index in [4.69, 9.17) is 15.9 Å². The first-order chi connectivity index (χ1) is 12.8. The highest BCUT2D eigenvalue weighted by molar-refractivity contribution is 7.89. The van der Waals surface area contributed by atoms with Gasteiger partial charge < -0.3 is 20.8 Å². The van der Waals surface area contributed by atoms with E-state index in [1.165, 1.54) is 16.4 Å². The van der Waals surface area contributed by atoms with Crippen molar-refractivity contribution >= 4 is 34.2 Å². The van der Waals surface area contributed by atoms with E-state index in [-0.39, 0.29) is 54.2 Å². The van der Waals surface area contributed by atoms with Crippen LogP contribution in [-0.2, 0) is 14.8 Å². The van der Waals surface area contributed by atoms with E-state index in [1.54, 1.807) is 4.90 Å². The first kappa shape index (κ1) is 21.1. The number of nitrogens with zero attached hydrogens (tertiary/aromatic N) is 2. The van der Waals surface area contributed by atoms with Crippen molar-refractivity contribution in [2.45, 2.75) is 30.4 Å². The van der Waals surface area contributed by atoms with E-state index < -0.39 is 15.9 Å². The maximum Gasteiger partial charge on any atom is 0.284 e. The van der Waals surface area contributed by atoms with Crippen LogP contribution < -0.4 is 11.5 Å². The van der Waals surface area contributed by atoms with E-state index in [2.05, 4.69) is 0 Å². The van der Waals surface area contributed by atoms with Crippen molar-refractivity contribution < 1.29 is 22.4 Å². The lowest BCUT2D eigenvalue weighted by atomic mass is 9.84. The van der Waals surface area contributed by atoms with Crippen LogP contribution in [0.2, 0.25) is 0 Å². The van der Waals surface area contributed by atoms with Crippen molar-refractivity contribution in [2.75, 3.05) is 26.2 Å². The molecule has 2 heterocycles. The summed E-state index contributed by atoms with van der Waals surface area (Å²) in [6, 6.07) is 2.39. The van der Waals surface area contributed by atoms with Crippen molar-refractivity contribution in [3.05, 3.63) is 17.9 Å². The van der Waals surface area contributed by atoms with Crippen LogP contribution in [0.1, 0.15) is 29.8 Å². The van der Waals surface area contributed by atoms with Gasteiger partial charge in [0, 0.05) is 32.2 Å². The minimum Gasteiger partial charge on any atom is -0.438 e. The number of piperazine rings is 1. The Hall–Kier alpha value is -1.62. The van der Waals surface area contributed by atoms with Gasteiger partial charge in [-0.05, 0) is 43.2 Å². The summed E-state index contributed by atoms with van der Waals surface area (Å²) in [7, 11) is -3.87. The number of nitrogens with two attached hydrogens (primary N) is 2. The lowest BCUT2D eigenvalue weighted by molar-refractivity contribution is -0.139. The fourth-order valence-electron chi connectivity index (χ4n) is 4.78. The van der Waals surface area contributed by atoms with Crippen molar-refractivity contribution in [2.24, 2.45) is 29.2 Å². The molecule has 2 aliphatic carbocycles. The number of amides is 2. The molecule has 28 heavy (non-hydrogen) atoms. The molecule has 0 aromatic carbocycles. The Bertz CT molecular complexity index is 863. The smallest absolute Gasteiger partial charge is 0.284 e. The summed E-state index contributed by atoms with van der Waals surface area (Å²) in [6.45, 7) is 0.998. The molecular weight excluding hydrogens is 408 g/mol. The molecule has 4 rings (SSSR count). The van der Waals surface area contributed by atoms with Crippen LogP contribution in [-0.4, -0.2) is 61.7 Å². The summed E-state index contributed by atoms with van der Waals surface area (Å²) in [5.74, 6) is -0.281. The molecule has 0 spiro atoms. The van der Waals surface area contributed by atoms with E-state index in [1.807, 2.05) is 0 Å². The summed E-state index contributed by atoms with van der Waals surface area (Å²) in [4.78, 5) is 25.8. The largest absolute Gasteiger partial charge is 0.438 e. The number of hydrogen-bond donors (Lipinski definition) is 2. The van der Waals surface area contributed by atoms with Crippen molar-refractivity contribution in [3.8, 4) is 0 Å². The van der Waals surface area contributed by atoms with Gasteiger partial charge in [0.2, 0.25) is 11.0 Å². The summed E-state index contributed by atoms with van der Waals surface area (Å²) < 4.78 is 31.7. The number of hydrogen-bond acceptors (Lipinski definition) is 6. The Labute approximate surface area is 169 Å². The van der Waals surface area contributed by atoms with Crippen LogP contribution >= 0.6 is 12.4 Å². The standard InChI is InChI=1S/C17H24N4O5S.ClH/c18-15-11-2-1-10(9-11)14(15)17(23)20-5-7-21(8-6-20)27(24,25)13-4-3-12(26-13)16(19)22;/h3-4,10-11,14-15H,1-2,5-9,18H2,(H2,19,22);1H. The third-order valence-corrected chi connectivity index (χ3v) is 8.01. The Balaban J connectivity index is 0.00000225. The van der Waals surface area contributed by atoms with Crippen LogP contribution in [0.5, 0.6) is 0 Å². The number of fused-ring (bicyclic) bond motifs is 2. The summed E-state index contributed by atoms with van der Waals surface area (Å²) in [5, 5.41) is -0.314. The molecule has 1 aromatic rings. The van der Waals surface area contributed by atoms with E-state index in [0.29, 0.717) is 24.9 Å². The Morgan fingerprint density at radius 3 is 2.25 bits per heavy atom. The molecule has 156 valence electrons. The Morgan fingerprint density at radius 1 is 1.07 bits per heavy atom.